The highest BCUT2D eigenvalue weighted by atomic mass is 16.5. The number of rotatable bonds is 5. The summed E-state index contributed by atoms with van der Waals surface area (Å²) < 4.78 is 5.23. The Morgan fingerprint density at radius 2 is 1.79 bits per heavy atom. The number of methoxy groups -OCH3 is 1. The fourth-order valence-electron chi connectivity index (χ4n) is 3.85. The van der Waals surface area contributed by atoms with Crippen molar-refractivity contribution in [3.8, 4) is 5.75 Å². The van der Waals surface area contributed by atoms with Gasteiger partial charge in [-0.05, 0) is 54.0 Å². The van der Waals surface area contributed by atoms with Gasteiger partial charge in [0.05, 0.1) is 7.11 Å². The number of nitrogens with zero attached hydrogens (tertiary/aromatic N) is 1. The molecule has 24 heavy (non-hydrogen) atoms. The van der Waals surface area contributed by atoms with E-state index in [4.69, 9.17) is 4.74 Å². The van der Waals surface area contributed by atoms with E-state index in [2.05, 4.69) is 73.3 Å². The number of likely N-dealkylation sites (tertiary alicyclic amines) is 1. The van der Waals surface area contributed by atoms with Gasteiger partial charge < -0.3 is 9.64 Å². The fourth-order valence-corrected chi connectivity index (χ4v) is 3.85. The average molecular weight is 323 g/mol. The zero-order valence-electron chi connectivity index (χ0n) is 15.2. The molecule has 0 radical (unpaired) electrons. The maximum atomic E-state index is 5.23. The first-order valence-electron chi connectivity index (χ1n) is 9.02. The Kier molecular flexibility index (Phi) is 5.25. The summed E-state index contributed by atoms with van der Waals surface area (Å²) in [5.41, 5.74) is 3.19. The molecular formula is C22H29NO. The Morgan fingerprint density at radius 1 is 1.08 bits per heavy atom. The lowest BCUT2D eigenvalue weighted by Crippen LogP contribution is -2.47. The Hall–Kier alpha value is -1.80. The van der Waals surface area contributed by atoms with Crippen molar-refractivity contribution in [1.29, 1.82) is 0 Å². The van der Waals surface area contributed by atoms with Crippen LogP contribution in [0.25, 0.3) is 0 Å². The molecule has 0 amide bonds. The van der Waals surface area contributed by atoms with Crippen LogP contribution in [0.4, 0.5) is 0 Å². The van der Waals surface area contributed by atoms with Crippen LogP contribution >= 0.6 is 0 Å². The normalized spacial score (nSPS) is 24.7. The molecule has 2 atom stereocenters. The summed E-state index contributed by atoms with van der Waals surface area (Å²) in [7, 11) is 1.72. The van der Waals surface area contributed by atoms with Gasteiger partial charge in [-0.25, -0.2) is 0 Å². The molecule has 2 aromatic carbocycles. The third-order valence-electron chi connectivity index (χ3n) is 5.88. The highest BCUT2D eigenvalue weighted by Gasteiger charge is 2.37. The molecule has 1 saturated heterocycles. The van der Waals surface area contributed by atoms with Gasteiger partial charge in [-0.1, -0.05) is 56.3 Å². The second-order valence-corrected chi connectivity index (χ2v) is 7.33. The zero-order valence-corrected chi connectivity index (χ0v) is 15.2. The molecule has 2 heteroatoms. The van der Waals surface area contributed by atoms with E-state index in [0.717, 1.165) is 18.7 Å². The lowest BCUT2D eigenvalue weighted by Gasteiger charge is -2.45. The monoisotopic (exact) mass is 323 g/mol. The second kappa shape index (κ2) is 7.40. The summed E-state index contributed by atoms with van der Waals surface area (Å²) in [6, 6.07) is 19.5. The lowest BCUT2D eigenvalue weighted by molar-refractivity contribution is 0.112. The molecule has 128 valence electrons. The maximum Gasteiger partial charge on any atom is 0.118 e. The Morgan fingerprint density at radius 3 is 2.42 bits per heavy atom. The standard InChI is InChI=1S/C22H29NO/c1-18-17-23(15-13-19-9-11-21(24-3)12-10-19)16-14-22(18,2)20-7-5-4-6-8-20/h4-12,18H,13-17H2,1-3H3. The molecule has 1 fully saturated rings. The van der Waals surface area contributed by atoms with E-state index in [9.17, 15) is 0 Å². The van der Waals surface area contributed by atoms with Crippen molar-refractivity contribution in [3.05, 3.63) is 65.7 Å². The second-order valence-electron chi connectivity index (χ2n) is 7.33. The molecule has 0 aliphatic carbocycles. The summed E-state index contributed by atoms with van der Waals surface area (Å²) in [6.07, 6.45) is 2.35. The zero-order chi connectivity index (χ0) is 17.0. The molecule has 0 bridgehead atoms. The van der Waals surface area contributed by atoms with Gasteiger partial charge in [-0.3, -0.25) is 0 Å². The first-order chi connectivity index (χ1) is 11.6. The van der Waals surface area contributed by atoms with Crippen molar-refractivity contribution in [2.75, 3.05) is 26.7 Å². The number of ether oxygens (including phenoxy) is 1. The van der Waals surface area contributed by atoms with Crippen LogP contribution < -0.4 is 4.74 Å². The maximum absolute atomic E-state index is 5.23. The van der Waals surface area contributed by atoms with Crippen LogP contribution in [0.15, 0.2) is 54.6 Å². The van der Waals surface area contributed by atoms with E-state index in [1.165, 1.54) is 30.6 Å². The molecular weight excluding hydrogens is 294 g/mol. The van der Waals surface area contributed by atoms with E-state index in [1.54, 1.807) is 7.11 Å². The SMILES string of the molecule is COc1ccc(CCN2CCC(C)(c3ccccc3)C(C)C2)cc1. The van der Waals surface area contributed by atoms with Crippen LogP contribution in [0.2, 0.25) is 0 Å². The van der Waals surface area contributed by atoms with Gasteiger partial charge in [0.15, 0.2) is 0 Å². The molecule has 1 heterocycles. The number of piperidine rings is 1. The van der Waals surface area contributed by atoms with E-state index >= 15 is 0 Å². The van der Waals surface area contributed by atoms with E-state index < -0.39 is 0 Å². The average Bonchev–Trinajstić information content (AvgIpc) is 2.64. The summed E-state index contributed by atoms with van der Waals surface area (Å²) in [6.45, 7) is 8.36. The predicted molar refractivity (Wildman–Crippen MR) is 101 cm³/mol. The largest absolute Gasteiger partial charge is 0.497 e. The molecule has 2 unspecified atom stereocenters. The molecule has 0 spiro atoms. The Bertz CT molecular complexity index is 637. The van der Waals surface area contributed by atoms with Gasteiger partial charge in [0.1, 0.15) is 5.75 Å². The summed E-state index contributed by atoms with van der Waals surface area (Å²) >= 11 is 0. The summed E-state index contributed by atoms with van der Waals surface area (Å²) in [4.78, 5) is 2.62. The van der Waals surface area contributed by atoms with Crippen molar-refractivity contribution in [2.45, 2.75) is 32.1 Å². The predicted octanol–water partition coefficient (Wildman–Crippen LogP) is 4.54. The van der Waals surface area contributed by atoms with Gasteiger partial charge in [-0.15, -0.1) is 0 Å². The number of hydrogen-bond acceptors (Lipinski definition) is 2. The minimum absolute atomic E-state index is 0.303. The molecule has 2 aromatic rings. The minimum atomic E-state index is 0.303. The molecule has 1 aliphatic heterocycles. The van der Waals surface area contributed by atoms with Gasteiger partial charge in [0.25, 0.3) is 0 Å². The van der Waals surface area contributed by atoms with Crippen LogP contribution in [-0.4, -0.2) is 31.6 Å². The Balaban J connectivity index is 1.57. The molecule has 0 aromatic heterocycles. The smallest absolute Gasteiger partial charge is 0.118 e. The molecule has 1 aliphatic rings. The quantitative estimate of drug-likeness (QED) is 0.801. The lowest BCUT2D eigenvalue weighted by atomic mass is 9.68. The van der Waals surface area contributed by atoms with Crippen LogP contribution in [0, 0.1) is 5.92 Å². The van der Waals surface area contributed by atoms with Gasteiger partial charge >= 0.3 is 0 Å². The summed E-state index contributed by atoms with van der Waals surface area (Å²) in [5.74, 6) is 1.61. The van der Waals surface area contributed by atoms with Crippen molar-refractivity contribution in [3.63, 3.8) is 0 Å². The highest BCUT2D eigenvalue weighted by Crippen LogP contribution is 2.39. The van der Waals surface area contributed by atoms with Gasteiger partial charge in [-0.2, -0.15) is 0 Å². The Labute approximate surface area is 146 Å². The first kappa shape index (κ1) is 17.0. The topological polar surface area (TPSA) is 12.5 Å². The van der Waals surface area contributed by atoms with E-state index in [0.29, 0.717) is 11.3 Å². The van der Waals surface area contributed by atoms with E-state index in [-0.39, 0.29) is 0 Å². The van der Waals surface area contributed by atoms with Crippen molar-refractivity contribution in [1.82, 2.24) is 4.90 Å². The molecule has 0 N–H and O–H groups in total. The van der Waals surface area contributed by atoms with Crippen molar-refractivity contribution < 1.29 is 4.74 Å². The fraction of sp³-hybridized carbons (Fsp3) is 0.455. The van der Waals surface area contributed by atoms with Crippen LogP contribution in [0.3, 0.4) is 0 Å². The van der Waals surface area contributed by atoms with Crippen molar-refractivity contribution >= 4 is 0 Å². The van der Waals surface area contributed by atoms with Gasteiger partial charge in [0.2, 0.25) is 0 Å². The third-order valence-corrected chi connectivity index (χ3v) is 5.88. The van der Waals surface area contributed by atoms with E-state index in [1.807, 2.05) is 0 Å². The van der Waals surface area contributed by atoms with Crippen LogP contribution in [0.1, 0.15) is 31.4 Å². The van der Waals surface area contributed by atoms with Crippen LogP contribution in [-0.2, 0) is 11.8 Å². The minimum Gasteiger partial charge on any atom is -0.497 e. The van der Waals surface area contributed by atoms with Crippen molar-refractivity contribution in [2.24, 2.45) is 5.92 Å². The summed E-state index contributed by atoms with van der Waals surface area (Å²) in [5, 5.41) is 0. The molecule has 3 rings (SSSR count). The first-order valence-corrected chi connectivity index (χ1v) is 9.02. The third kappa shape index (κ3) is 3.64. The number of hydrogen-bond donors (Lipinski definition) is 0. The number of benzene rings is 2. The molecule has 0 saturated carbocycles. The molecule has 2 nitrogen and oxygen atoms in total. The van der Waals surface area contributed by atoms with Crippen LogP contribution in [0.5, 0.6) is 5.75 Å². The van der Waals surface area contributed by atoms with Gasteiger partial charge in [0, 0.05) is 13.1 Å². The highest BCUT2D eigenvalue weighted by molar-refractivity contribution is 5.28.